The molecule has 2 fully saturated rings. The number of nitriles is 1. The second-order valence-corrected chi connectivity index (χ2v) is 6.20. The predicted molar refractivity (Wildman–Crippen MR) is 73.2 cm³/mol. The first-order valence-electron chi connectivity index (χ1n) is 7.45. The summed E-state index contributed by atoms with van der Waals surface area (Å²) in [5.74, 6) is 1.97. The van der Waals surface area contributed by atoms with Crippen molar-refractivity contribution in [2.24, 2.45) is 11.8 Å². The summed E-state index contributed by atoms with van der Waals surface area (Å²) in [5, 5.41) is 9.42. The molecule has 2 aliphatic rings. The molecule has 3 unspecified atom stereocenters. The quantitative estimate of drug-likeness (QED) is 0.829. The zero-order valence-electron chi connectivity index (χ0n) is 11.6. The van der Waals surface area contributed by atoms with E-state index >= 15 is 0 Å². The first-order valence-corrected chi connectivity index (χ1v) is 7.45. The summed E-state index contributed by atoms with van der Waals surface area (Å²) in [6.07, 6.45) is 7.73. The van der Waals surface area contributed by atoms with Gasteiger partial charge in [-0.2, -0.15) is 5.26 Å². The third kappa shape index (κ3) is 2.84. The molecule has 3 atom stereocenters. The molecule has 1 heterocycles. The Morgan fingerprint density at radius 1 is 1.37 bits per heavy atom. The highest BCUT2D eigenvalue weighted by molar-refractivity contribution is 5.05. The van der Waals surface area contributed by atoms with E-state index in [4.69, 9.17) is 4.42 Å². The predicted octanol–water partition coefficient (Wildman–Crippen LogP) is 3.57. The van der Waals surface area contributed by atoms with Gasteiger partial charge in [-0.1, -0.05) is 6.92 Å². The van der Waals surface area contributed by atoms with Gasteiger partial charge in [0.2, 0.25) is 0 Å². The Morgan fingerprint density at radius 2 is 2.21 bits per heavy atom. The minimum atomic E-state index is 0.201. The van der Waals surface area contributed by atoms with Crippen LogP contribution in [0.15, 0.2) is 22.8 Å². The number of rotatable bonds is 4. The lowest BCUT2D eigenvalue weighted by Gasteiger charge is -2.39. The average molecular weight is 258 g/mol. The van der Waals surface area contributed by atoms with Crippen molar-refractivity contribution in [3.63, 3.8) is 0 Å². The van der Waals surface area contributed by atoms with E-state index in [1.165, 1.54) is 19.3 Å². The molecule has 0 bridgehead atoms. The number of hydrogen-bond acceptors (Lipinski definition) is 3. The normalized spacial score (nSPS) is 31.3. The number of hydrogen-bond donors (Lipinski definition) is 0. The topological polar surface area (TPSA) is 40.2 Å². The third-order valence-corrected chi connectivity index (χ3v) is 4.61. The average Bonchev–Trinajstić information content (AvgIpc) is 3.13. The molecule has 0 amide bonds. The summed E-state index contributed by atoms with van der Waals surface area (Å²) >= 11 is 0. The Morgan fingerprint density at radius 3 is 2.84 bits per heavy atom. The Balaban J connectivity index is 1.76. The molecule has 3 nitrogen and oxygen atoms in total. The molecule has 0 N–H and O–H groups in total. The van der Waals surface area contributed by atoms with E-state index in [0.717, 1.165) is 31.1 Å². The lowest BCUT2D eigenvalue weighted by molar-refractivity contribution is 0.0843. The summed E-state index contributed by atoms with van der Waals surface area (Å²) in [7, 11) is 0. The van der Waals surface area contributed by atoms with Crippen LogP contribution in [0.25, 0.3) is 0 Å². The molecular formula is C16H22N2O. The van der Waals surface area contributed by atoms with E-state index in [1.807, 2.05) is 12.1 Å². The molecule has 2 aliphatic carbocycles. The second-order valence-electron chi connectivity index (χ2n) is 6.20. The van der Waals surface area contributed by atoms with Gasteiger partial charge in [-0.05, 0) is 50.2 Å². The van der Waals surface area contributed by atoms with Gasteiger partial charge < -0.3 is 4.42 Å². The van der Waals surface area contributed by atoms with Crippen molar-refractivity contribution < 1.29 is 4.42 Å². The highest BCUT2D eigenvalue weighted by Gasteiger charge is 2.40. The molecule has 0 aromatic carbocycles. The van der Waals surface area contributed by atoms with Crippen molar-refractivity contribution in [1.29, 1.82) is 5.26 Å². The molecule has 0 aliphatic heterocycles. The van der Waals surface area contributed by atoms with Crippen LogP contribution in [0, 0.1) is 23.2 Å². The molecule has 1 aromatic heterocycles. The highest BCUT2D eigenvalue weighted by Crippen LogP contribution is 2.38. The summed E-state index contributed by atoms with van der Waals surface area (Å²) in [6, 6.07) is 7.64. The van der Waals surface area contributed by atoms with E-state index in [9.17, 15) is 5.26 Å². The van der Waals surface area contributed by atoms with Crippen LogP contribution in [-0.2, 0) is 6.54 Å². The largest absolute Gasteiger partial charge is 0.468 e. The van der Waals surface area contributed by atoms with Crippen molar-refractivity contribution in [3.05, 3.63) is 24.2 Å². The molecule has 102 valence electrons. The SMILES string of the molecule is CC1CCC(C#N)C(N(Cc2ccco2)C2CC2)C1. The Hall–Kier alpha value is -1.27. The molecule has 2 saturated carbocycles. The van der Waals surface area contributed by atoms with Crippen molar-refractivity contribution >= 4 is 0 Å². The van der Waals surface area contributed by atoms with Crippen molar-refractivity contribution in [3.8, 4) is 6.07 Å². The smallest absolute Gasteiger partial charge is 0.117 e. The molecule has 0 radical (unpaired) electrons. The van der Waals surface area contributed by atoms with Gasteiger partial charge in [0, 0.05) is 12.1 Å². The van der Waals surface area contributed by atoms with Crippen LogP contribution in [0.2, 0.25) is 0 Å². The summed E-state index contributed by atoms with van der Waals surface area (Å²) in [5.41, 5.74) is 0. The van der Waals surface area contributed by atoms with Crippen LogP contribution in [0.3, 0.4) is 0 Å². The standard InChI is InChI=1S/C16H22N2O/c1-12-4-5-13(10-17)16(9-12)18(14-6-7-14)11-15-3-2-8-19-15/h2-3,8,12-14,16H,4-7,9,11H2,1H3. The van der Waals surface area contributed by atoms with Crippen LogP contribution in [0.1, 0.15) is 44.8 Å². The summed E-state index contributed by atoms with van der Waals surface area (Å²) in [4.78, 5) is 2.54. The maximum atomic E-state index is 9.42. The fourth-order valence-corrected chi connectivity index (χ4v) is 3.37. The molecule has 19 heavy (non-hydrogen) atoms. The van der Waals surface area contributed by atoms with E-state index in [2.05, 4.69) is 17.9 Å². The lowest BCUT2D eigenvalue weighted by atomic mass is 9.79. The van der Waals surface area contributed by atoms with Gasteiger partial charge in [-0.25, -0.2) is 0 Å². The van der Waals surface area contributed by atoms with Gasteiger partial charge in [0.05, 0.1) is 24.8 Å². The van der Waals surface area contributed by atoms with E-state index in [1.54, 1.807) is 6.26 Å². The van der Waals surface area contributed by atoms with Crippen LogP contribution < -0.4 is 0 Å². The molecule has 3 heteroatoms. The van der Waals surface area contributed by atoms with Crippen molar-refractivity contribution in [1.82, 2.24) is 4.90 Å². The fraction of sp³-hybridized carbons (Fsp3) is 0.688. The Kier molecular flexibility index (Phi) is 3.61. The molecule has 0 spiro atoms. The maximum absolute atomic E-state index is 9.42. The number of nitrogens with zero attached hydrogens (tertiary/aromatic N) is 2. The molecular weight excluding hydrogens is 236 g/mol. The van der Waals surface area contributed by atoms with E-state index in [-0.39, 0.29) is 5.92 Å². The number of furan rings is 1. The maximum Gasteiger partial charge on any atom is 0.117 e. The lowest BCUT2D eigenvalue weighted by Crippen LogP contribution is -2.44. The van der Waals surface area contributed by atoms with Gasteiger partial charge >= 0.3 is 0 Å². The highest BCUT2D eigenvalue weighted by atomic mass is 16.3. The Labute approximate surface area is 115 Å². The van der Waals surface area contributed by atoms with Gasteiger partial charge in [0.25, 0.3) is 0 Å². The van der Waals surface area contributed by atoms with E-state index in [0.29, 0.717) is 12.1 Å². The zero-order chi connectivity index (χ0) is 13.2. The molecule has 1 aromatic rings. The second kappa shape index (κ2) is 5.38. The van der Waals surface area contributed by atoms with Gasteiger partial charge in [-0.15, -0.1) is 0 Å². The Bertz CT molecular complexity index is 444. The summed E-state index contributed by atoms with van der Waals surface area (Å²) < 4.78 is 5.50. The van der Waals surface area contributed by atoms with Crippen LogP contribution in [-0.4, -0.2) is 17.0 Å². The molecule has 3 rings (SSSR count). The molecule has 0 saturated heterocycles. The zero-order valence-corrected chi connectivity index (χ0v) is 11.6. The first-order chi connectivity index (χ1) is 9.28. The van der Waals surface area contributed by atoms with Gasteiger partial charge in [-0.3, -0.25) is 4.90 Å². The van der Waals surface area contributed by atoms with Gasteiger partial charge in [0.15, 0.2) is 0 Å². The van der Waals surface area contributed by atoms with E-state index < -0.39 is 0 Å². The minimum Gasteiger partial charge on any atom is -0.468 e. The van der Waals surface area contributed by atoms with Crippen LogP contribution in [0.4, 0.5) is 0 Å². The third-order valence-electron chi connectivity index (χ3n) is 4.61. The fourth-order valence-electron chi connectivity index (χ4n) is 3.37. The van der Waals surface area contributed by atoms with Crippen molar-refractivity contribution in [2.45, 2.75) is 57.7 Å². The van der Waals surface area contributed by atoms with Gasteiger partial charge in [0.1, 0.15) is 5.76 Å². The summed E-state index contributed by atoms with van der Waals surface area (Å²) in [6.45, 7) is 3.19. The minimum absolute atomic E-state index is 0.201. The van der Waals surface area contributed by atoms with Crippen molar-refractivity contribution in [2.75, 3.05) is 0 Å². The first kappa shape index (κ1) is 12.7. The van der Waals surface area contributed by atoms with Crippen LogP contribution >= 0.6 is 0 Å². The van der Waals surface area contributed by atoms with Crippen LogP contribution in [0.5, 0.6) is 0 Å². The monoisotopic (exact) mass is 258 g/mol.